The highest BCUT2D eigenvalue weighted by molar-refractivity contribution is 5.89. The Morgan fingerprint density at radius 3 is 1.97 bits per heavy atom. The topological polar surface area (TPSA) is 178 Å². The molecule has 0 fully saturated rings. The number of pyridine rings is 1. The number of aromatic nitrogens is 1. The van der Waals surface area contributed by atoms with E-state index in [0.29, 0.717) is 4.73 Å². The van der Waals surface area contributed by atoms with Crippen LogP contribution in [-0.2, 0) is 25.7 Å². The summed E-state index contributed by atoms with van der Waals surface area (Å²) in [5.74, 6) is -3.68. The molecule has 1 aromatic heterocycles. The van der Waals surface area contributed by atoms with Gasteiger partial charge in [-0.1, -0.05) is 13.3 Å². The van der Waals surface area contributed by atoms with Crippen LogP contribution in [0.1, 0.15) is 35.8 Å². The van der Waals surface area contributed by atoms with Crippen molar-refractivity contribution in [3.05, 3.63) is 47.2 Å². The van der Waals surface area contributed by atoms with Gasteiger partial charge in [0.05, 0.1) is 25.3 Å². The summed E-state index contributed by atoms with van der Waals surface area (Å²) in [6.07, 6.45) is 5.96. The summed E-state index contributed by atoms with van der Waals surface area (Å²) in [4.78, 5) is 53.1. The SMILES string of the molecule is CCCCOC(=O)c1cc[n+]([O-])c(CN2/C=C\N(CC(=O)O)CCN(CC(=O)O)CCN(CC(=O)O)CC2)c1. The Hall–Kier alpha value is -3.91. The molecule has 0 saturated carbocycles. The molecule has 1 aromatic rings. The molecule has 39 heavy (non-hydrogen) atoms. The molecule has 0 saturated heterocycles. The lowest BCUT2D eigenvalue weighted by Crippen LogP contribution is -2.45. The van der Waals surface area contributed by atoms with Crippen LogP contribution >= 0.6 is 0 Å². The molecule has 0 radical (unpaired) electrons. The van der Waals surface area contributed by atoms with E-state index in [9.17, 15) is 39.7 Å². The van der Waals surface area contributed by atoms with E-state index >= 15 is 0 Å². The summed E-state index contributed by atoms with van der Waals surface area (Å²) in [6, 6.07) is 2.82. The fourth-order valence-corrected chi connectivity index (χ4v) is 3.90. The smallest absolute Gasteiger partial charge is 0.338 e. The summed E-state index contributed by atoms with van der Waals surface area (Å²) in [6.45, 7) is 3.00. The molecule has 0 bridgehead atoms. The van der Waals surface area contributed by atoms with Gasteiger partial charge in [-0.15, -0.1) is 0 Å². The van der Waals surface area contributed by atoms with Crippen molar-refractivity contribution in [2.24, 2.45) is 0 Å². The van der Waals surface area contributed by atoms with Crippen LogP contribution in [0.15, 0.2) is 30.7 Å². The van der Waals surface area contributed by atoms with Crippen LogP contribution in [0, 0.1) is 5.21 Å². The van der Waals surface area contributed by atoms with E-state index in [-0.39, 0.29) is 83.3 Å². The average molecular weight is 552 g/mol. The number of carbonyl (C=O) groups excluding carboxylic acids is 1. The quantitative estimate of drug-likeness (QED) is 0.134. The van der Waals surface area contributed by atoms with E-state index in [1.807, 2.05) is 6.92 Å². The number of carboxylic acid groups (broad SMARTS) is 3. The maximum Gasteiger partial charge on any atom is 0.338 e. The second kappa shape index (κ2) is 16.1. The highest BCUT2D eigenvalue weighted by Crippen LogP contribution is 2.09. The molecule has 0 spiro atoms. The maximum absolute atomic E-state index is 12.5. The van der Waals surface area contributed by atoms with Gasteiger partial charge in [-0.25, -0.2) is 4.79 Å². The molecular weight excluding hydrogens is 514 g/mol. The number of aliphatic carboxylic acids is 3. The average Bonchev–Trinajstić information content (AvgIpc) is 2.85. The van der Waals surface area contributed by atoms with Gasteiger partial charge in [0.2, 0.25) is 5.69 Å². The maximum atomic E-state index is 12.5. The van der Waals surface area contributed by atoms with Crippen molar-refractivity contribution < 1.29 is 44.0 Å². The van der Waals surface area contributed by atoms with Crippen LogP contribution in [0.2, 0.25) is 0 Å². The Morgan fingerprint density at radius 2 is 1.41 bits per heavy atom. The van der Waals surface area contributed by atoms with Gasteiger partial charge in [-0.2, -0.15) is 4.73 Å². The summed E-state index contributed by atoms with van der Waals surface area (Å²) in [7, 11) is 0. The molecule has 2 heterocycles. The number of ether oxygens (including phenoxy) is 1. The van der Waals surface area contributed by atoms with Gasteiger partial charge in [-0.3, -0.25) is 24.2 Å². The van der Waals surface area contributed by atoms with Crippen LogP contribution < -0.4 is 4.73 Å². The zero-order valence-electron chi connectivity index (χ0n) is 22.1. The van der Waals surface area contributed by atoms with E-state index < -0.39 is 23.9 Å². The van der Waals surface area contributed by atoms with Crippen molar-refractivity contribution in [2.45, 2.75) is 26.3 Å². The number of carbonyl (C=O) groups is 4. The molecule has 0 atom stereocenters. The summed E-state index contributed by atoms with van der Waals surface area (Å²) < 4.78 is 5.86. The van der Waals surface area contributed by atoms with Gasteiger partial charge in [0.1, 0.15) is 13.1 Å². The van der Waals surface area contributed by atoms with Crippen molar-refractivity contribution >= 4 is 23.9 Å². The van der Waals surface area contributed by atoms with Crippen molar-refractivity contribution in [1.29, 1.82) is 0 Å². The minimum Gasteiger partial charge on any atom is -0.618 e. The lowest BCUT2D eigenvalue weighted by Gasteiger charge is -2.31. The molecule has 0 amide bonds. The molecule has 0 aromatic carbocycles. The standard InChI is InChI=1S/C25H37N5O9/c1-2-3-14-39-25(37)20-4-5-30(38)21(15-20)16-26-6-8-27(17-22(31)32)10-12-29(19-24(35)36)13-11-28(9-7-26)18-23(33)34/h4-6,8,15H,2-3,7,9-14,16-19H2,1H3,(H,31,32)(H,33,34)(H,35,36)/b8-6-. The molecular formula is C25H37N5O9. The minimum absolute atomic E-state index is 0.0586. The van der Waals surface area contributed by atoms with Gasteiger partial charge in [0, 0.05) is 63.8 Å². The Labute approximate surface area is 226 Å². The third-order valence-electron chi connectivity index (χ3n) is 6.01. The Kier molecular flexibility index (Phi) is 13.0. The minimum atomic E-state index is -1.07. The third kappa shape index (κ3) is 12.0. The summed E-state index contributed by atoms with van der Waals surface area (Å²) in [5.41, 5.74) is 0.476. The second-order valence-corrected chi connectivity index (χ2v) is 9.19. The number of rotatable bonds is 12. The van der Waals surface area contributed by atoms with Crippen molar-refractivity contribution in [2.75, 3.05) is 65.5 Å². The normalized spacial score (nSPS) is 16.6. The van der Waals surface area contributed by atoms with Crippen LogP contribution in [0.4, 0.5) is 0 Å². The molecule has 1 aliphatic rings. The molecule has 0 aliphatic carbocycles. The number of hydrogen-bond acceptors (Lipinski definition) is 10. The first-order valence-electron chi connectivity index (χ1n) is 12.7. The van der Waals surface area contributed by atoms with Crippen LogP contribution in [0.5, 0.6) is 0 Å². The van der Waals surface area contributed by atoms with E-state index in [2.05, 4.69) is 0 Å². The van der Waals surface area contributed by atoms with Crippen molar-refractivity contribution in [3.8, 4) is 0 Å². The molecule has 0 unspecified atom stereocenters. The highest BCUT2D eigenvalue weighted by atomic mass is 16.5. The molecule has 216 valence electrons. The fraction of sp³-hybridized carbons (Fsp3) is 0.560. The third-order valence-corrected chi connectivity index (χ3v) is 6.01. The summed E-state index contributed by atoms with van der Waals surface area (Å²) in [5, 5.41) is 40.5. The number of esters is 1. The highest BCUT2D eigenvalue weighted by Gasteiger charge is 2.20. The lowest BCUT2D eigenvalue weighted by atomic mass is 10.2. The zero-order valence-corrected chi connectivity index (χ0v) is 22.1. The van der Waals surface area contributed by atoms with Crippen LogP contribution in [0.25, 0.3) is 0 Å². The van der Waals surface area contributed by atoms with Gasteiger partial charge in [0.25, 0.3) is 0 Å². The first kappa shape index (κ1) is 31.3. The largest absolute Gasteiger partial charge is 0.618 e. The molecule has 3 N–H and O–H groups in total. The first-order chi connectivity index (χ1) is 18.6. The molecule has 2 rings (SSSR count). The Balaban J connectivity index is 2.30. The zero-order chi connectivity index (χ0) is 28.8. The second-order valence-electron chi connectivity index (χ2n) is 9.19. The first-order valence-corrected chi connectivity index (χ1v) is 12.7. The number of unbranched alkanes of at least 4 members (excludes halogenated alkanes) is 1. The number of nitrogens with zero attached hydrogens (tertiary/aromatic N) is 5. The van der Waals surface area contributed by atoms with Crippen LogP contribution in [0.3, 0.4) is 0 Å². The van der Waals surface area contributed by atoms with Gasteiger partial charge >= 0.3 is 23.9 Å². The van der Waals surface area contributed by atoms with Crippen molar-refractivity contribution in [3.63, 3.8) is 0 Å². The van der Waals surface area contributed by atoms with Gasteiger partial charge in [0.15, 0.2) is 6.20 Å². The predicted molar refractivity (Wildman–Crippen MR) is 138 cm³/mol. The van der Waals surface area contributed by atoms with E-state index in [0.717, 1.165) is 12.8 Å². The van der Waals surface area contributed by atoms with Crippen molar-refractivity contribution in [1.82, 2.24) is 19.6 Å². The van der Waals surface area contributed by atoms with Gasteiger partial charge < -0.3 is 35.1 Å². The van der Waals surface area contributed by atoms with E-state index in [1.165, 1.54) is 23.2 Å². The summed E-state index contributed by atoms with van der Waals surface area (Å²) >= 11 is 0. The van der Waals surface area contributed by atoms with Crippen LogP contribution in [-0.4, -0.2) is 124 Å². The number of hydrogen-bond donors (Lipinski definition) is 3. The monoisotopic (exact) mass is 551 g/mol. The molecule has 1 aliphatic heterocycles. The van der Waals surface area contributed by atoms with E-state index in [4.69, 9.17) is 4.74 Å². The molecule has 14 heteroatoms. The number of carboxylic acids is 3. The van der Waals surface area contributed by atoms with E-state index in [1.54, 1.807) is 27.1 Å². The lowest BCUT2D eigenvalue weighted by molar-refractivity contribution is -0.615. The Bertz CT molecular complexity index is 1020. The van der Waals surface area contributed by atoms with Gasteiger partial charge in [-0.05, 0) is 6.42 Å². The molecule has 14 nitrogen and oxygen atoms in total. The Morgan fingerprint density at radius 1 is 0.872 bits per heavy atom. The fourth-order valence-electron chi connectivity index (χ4n) is 3.90. The predicted octanol–water partition coefficient (Wildman–Crippen LogP) is -0.276.